The summed E-state index contributed by atoms with van der Waals surface area (Å²) in [5.41, 5.74) is 0. The van der Waals surface area contributed by atoms with E-state index in [0.29, 0.717) is 45.2 Å². The van der Waals surface area contributed by atoms with Crippen LogP contribution in [0.1, 0.15) is 44.9 Å². The second-order valence-electron chi connectivity index (χ2n) is 6.94. The maximum Gasteiger partial charge on any atom is 0.226 e. The third-order valence-electron chi connectivity index (χ3n) is 5.36. The molecule has 1 N–H and O–H groups in total. The molecule has 128 valence electrons. The summed E-state index contributed by atoms with van der Waals surface area (Å²) in [5, 5.41) is 3.21. The smallest absolute Gasteiger partial charge is 0.226 e. The molecule has 0 aromatic heterocycles. The highest BCUT2D eigenvalue weighted by molar-refractivity contribution is 5.88. The van der Waals surface area contributed by atoms with Crippen LogP contribution in [0.25, 0.3) is 0 Å². The second-order valence-corrected chi connectivity index (χ2v) is 6.94. The number of carbonyl (C=O) groups excluding carboxylic acids is 2. The molecule has 1 heterocycles. The number of amides is 2. The minimum absolute atomic E-state index is 0.0767. The molecule has 5 heteroatoms. The van der Waals surface area contributed by atoms with Crippen LogP contribution in [-0.2, 0) is 14.3 Å². The molecule has 2 unspecified atom stereocenters. The van der Waals surface area contributed by atoms with Gasteiger partial charge < -0.3 is 15.0 Å². The minimum atomic E-state index is -0.211. The van der Waals surface area contributed by atoms with Gasteiger partial charge in [-0.2, -0.15) is 0 Å². The van der Waals surface area contributed by atoms with Crippen LogP contribution in [0.2, 0.25) is 0 Å². The first-order valence-electron chi connectivity index (χ1n) is 9.07. The molecule has 0 bridgehead atoms. The Balaban J connectivity index is 1.62. The predicted octanol–water partition coefficient (Wildman–Crippen LogP) is 1.88. The molecule has 3 aliphatic rings. The van der Waals surface area contributed by atoms with E-state index in [1.165, 1.54) is 19.3 Å². The van der Waals surface area contributed by atoms with E-state index in [1.54, 1.807) is 0 Å². The highest BCUT2D eigenvalue weighted by atomic mass is 16.5. The Hall–Kier alpha value is -1.36. The van der Waals surface area contributed by atoms with E-state index < -0.39 is 0 Å². The number of morpholine rings is 1. The van der Waals surface area contributed by atoms with Crippen LogP contribution in [0.3, 0.4) is 0 Å². The number of hydrogen-bond donors (Lipinski definition) is 1. The number of ether oxygens (including phenoxy) is 1. The molecular formula is C18H28N2O3. The zero-order valence-electron chi connectivity index (χ0n) is 13.8. The van der Waals surface area contributed by atoms with Crippen LogP contribution in [0.5, 0.6) is 0 Å². The minimum Gasteiger partial charge on any atom is -0.378 e. The standard InChI is InChI=1S/C18H28N2O3/c21-17(19-14-6-2-1-3-7-14)15-8-4-5-9-16(15)18(22)20-10-12-23-13-11-20/h4-5,14-16H,1-3,6-13H2,(H,19,21). The fraction of sp³-hybridized carbons (Fsp3) is 0.778. The van der Waals surface area contributed by atoms with Crippen molar-refractivity contribution in [3.05, 3.63) is 12.2 Å². The summed E-state index contributed by atoms with van der Waals surface area (Å²) in [6.45, 7) is 2.51. The Labute approximate surface area is 138 Å². The molecule has 1 saturated carbocycles. The summed E-state index contributed by atoms with van der Waals surface area (Å²) in [7, 11) is 0. The predicted molar refractivity (Wildman–Crippen MR) is 87.8 cm³/mol. The van der Waals surface area contributed by atoms with Gasteiger partial charge in [0.05, 0.1) is 25.0 Å². The lowest BCUT2D eigenvalue weighted by atomic mass is 9.81. The topological polar surface area (TPSA) is 58.6 Å². The number of carbonyl (C=O) groups is 2. The van der Waals surface area contributed by atoms with Gasteiger partial charge in [-0.3, -0.25) is 9.59 Å². The van der Waals surface area contributed by atoms with Gasteiger partial charge in [0.1, 0.15) is 0 Å². The lowest BCUT2D eigenvalue weighted by Gasteiger charge is -2.35. The van der Waals surface area contributed by atoms with Crippen molar-refractivity contribution in [2.45, 2.75) is 51.0 Å². The van der Waals surface area contributed by atoms with Gasteiger partial charge in [0.2, 0.25) is 11.8 Å². The number of allylic oxidation sites excluding steroid dienone is 2. The second kappa shape index (κ2) is 7.95. The Kier molecular flexibility index (Phi) is 5.70. The lowest BCUT2D eigenvalue weighted by molar-refractivity contribution is -0.145. The molecule has 5 nitrogen and oxygen atoms in total. The maximum atomic E-state index is 12.8. The zero-order valence-corrected chi connectivity index (χ0v) is 13.8. The number of nitrogens with zero attached hydrogens (tertiary/aromatic N) is 1. The van der Waals surface area contributed by atoms with Gasteiger partial charge in [0, 0.05) is 19.1 Å². The molecule has 2 aliphatic carbocycles. The molecule has 3 rings (SSSR count). The Morgan fingerprint density at radius 2 is 1.61 bits per heavy atom. The highest BCUT2D eigenvalue weighted by Gasteiger charge is 2.37. The van der Waals surface area contributed by atoms with Crippen LogP contribution in [-0.4, -0.2) is 49.1 Å². The van der Waals surface area contributed by atoms with E-state index in [9.17, 15) is 9.59 Å². The van der Waals surface area contributed by atoms with E-state index in [1.807, 2.05) is 17.1 Å². The highest BCUT2D eigenvalue weighted by Crippen LogP contribution is 2.29. The Morgan fingerprint density at radius 1 is 0.957 bits per heavy atom. The molecule has 1 aliphatic heterocycles. The first-order chi connectivity index (χ1) is 11.3. The number of hydrogen-bond acceptors (Lipinski definition) is 3. The van der Waals surface area contributed by atoms with E-state index in [2.05, 4.69) is 5.32 Å². The van der Waals surface area contributed by atoms with Gasteiger partial charge in [-0.25, -0.2) is 0 Å². The van der Waals surface area contributed by atoms with Crippen molar-refractivity contribution in [3.63, 3.8) is 0 Å². The van der Waals surface area contributed by atoms with Gasteiger partial charge in [-0.1, -0.05) is 31.4 Å². The van der Waals surface area contributed by atoms with Crippen molar-refractivity contribution >= 4 is 11.8 Å². The molecule has 2 fully saturated rings. The van der Waals surface area contributed by atoms with Gasteiger partial charge in [0.15, 0.2) is 0 Å². The van der Waals surface area contributed by atoms with Gasteiger partial charge >= 0.3 is 0 Å². The fourth-order valence-corrected chi connectivity index (χ4v) is 3.95. The summed E-state index contributed by atoms with van der Waals surface area (Å²) in [6.07, 6.45) is 11.3. The Morgan fingerprint density at radius 3 is 2.30 bits per heavy atom. The molecular weight excluding hydrogens is 292 g/mol. The van der Waals surface area contributed by atoms with Crippen molar-refractivity contribution in [1.82, 2.24) is 10.2 Å². The van der Waals surface area contributed by atoms with Crippen LogP contribution in [0.4, 0.5) is 0 Å². The first kappa shape index (κ1) is 16.5. The normalized spacial score (nSPS) is 29.3. The van der Waals surface area contributed by atoms with Crippen LogP contribution >= 0.6 is 0 Å². The van der Waals surface area contributed by atoms with Crippen molar-refractivity contribution < 1.29 is 14.3 Å². The average molecular weight is 320 g/mol. The summed E-state index contributed by atoms with van der Waals surface area (Å²) >= 11 is 0. The molecule has 0 radical (unpaired) electrons. The largest absolute Gasteiger partial charge is 0.378 e. The van der Waals surface area contributed by atoms with Crippen molar-refractivity contribution in [2.24, 2.45) is 11.8 Å². The summed E-state index contributed by atoms with van der Waals surface area (Å²) in [5.74, 6) is -0.215. The maximum absolute atomic E-state index is 12.8. The van der Waals surface area contributed by atoms with Crippen LogP contribution < -0.4 is 5.32 Å². The molecule has 2 amide bonds. The van der Waals surface area contributed by atoms with E-state index in [0.717, 1.165) is 12.8 Å². The molecule has 0 spiro atoms. The third-order valence-corrected chi connectivity index (χ3v) is 5.36. The average Bonchev–Trinajstić information content (AvgIpc) is 2.62. The quantitative estimate of drug-likeness (QED) is 0.808. The van der Waals surface area contributed by atoms with Crippen molar-refractivity contribution in [1.29, 1.82) is 0 Å². The zero-order chi connectivity index (χ0) is 16.1. The Bertz CT molecular complexity index is 451. The lowest BCUT2D eigenvalue weighted by Crippen LogP contribution is -2.49. The molecule has 1 saturated heterocycles. The molecule has 2 atom stereocenters. The summed E-state index contributed by atoms with van der Waals surface area (Å²) < 4.78 is 5.32. The fourth-order valence-electron chi connectivity index (χ4n) is 3.95. The van der Waals surface area contributed by atoms with Crippen LogP contribution in [0, 0.1) is 11.8 Å². The van der Waals surface area contributed by atoms with E-state index in [4.69, 9.17) is 4.74 Å². The summed E-state index contributed by atoms with van der Waals surface area (Å²) in [6, 6.07) is 0.307. The number of rotatable bonds is 3. The molecule has 23 heavy (non-hydrogen) atoms. The number of nitrogens with one attached hydrogen (secondary N) is 1. The first-order valence-corrected chi connectivity index (χ1v) is 9.07. The van der Waals surface area contributed by atoms with Crippen molar-refractivity contribution in [3.8, 4) is 0 Å². The monoisotopic (exact) mass is 320 g/mol. The van der Waals surface area contributed by atoms with Crippen LogP contribution in [0.15, 0.2) is 12.2 Å². The van der Waals surface area contributed by atoms with Gasteiger partial charge in [-0.05, 0) is 25.7 Å². The van der Waals surface area contributed by atoms with Crippen molar-refractivity contribution in [2.75, 3.05) is 26.3 Å². The van der Waals surface area contributed by atoms with Gasteiger partial charge in [-0.15, -0.1) is 0 Å². The van der Waals surface area contributed by atoms with E-state index in [-0.39, 0.29) is 23.7 Å². The SMILES string of the molecule is O=C(NC1CCCCC1)C1CC=CCC1C(=O)N1CCOCC1. The molecule has 0 aromatic rings. The third kappa shape index (κ3) is 4.14. The molecule has 0 aromatic carbocycles. The van der Waals surface area contributed by atoms with Gasteiger partial charge in [0.25, 0.3) is 0 Å². The van der Waals surface area contributed by atoms with E-state index >= 15 is 0 Å². The summed E-state index contributed by atoms with van der Waals surface area (Å²) in [4.78, 5) is 27.4.